The summed E-state index contributed by atoms with van der Waals surface area (Å²) < 4.78 is 1.14. The Kier molecular flexibility index (Phi) is 6.05. The SMILES string of the molecule is Cc1c(-c2ccnc(N)n2)sc2ccc(Nc3cccc(NC(=O)c4ccc(C(=O)O)cc4)c3)cc12. The van der Waals surface area contributed by atoms with Crippen LogP contribution >= 0.6 is 11.3 Å². The van der Waals surface area contributed by atoms with Gasteiger partial charge in [-0.15, -0.1) is 11.3 Å². The Morgan fingerprint density at radius 1 is 0.917 bits per heavy atom. The van der Waals surface area contributed by atoms with Crippen LogP contribution in [0.15, 0.2) is 79.0 Å². The lowest BCUT2D eigenvalue weighted by molar-refractivity contribution is 0.0696. The monoisotopic (exact) mass is 495 g/mol. The maximum Gasteiger partial charge on any atom is 0.335 e. The van der Waals surface area contributed by atoms with E-state index in [9.17, 15) is 9.59 Å². The lowest BCUT2D eigenvalue weighted by Gasteiger charge is -2.10. The van der Waals surface area contributed by atoms with Crippen molar-refractivity contribution in [1.29, 1.82) is 0 Å². The first kappa shape index (κ1) is 23.0. The maximum absolute atomic E-state index is 12.6. The lowest BCUT2D eigenvalue weighted by Crippen LogP contribution is -2.12. The summed E-state index contributed by atoms with van der Waals surface area (Å²) in [5.41, 5.74) is 10.5. The fraction of sp³-hybridized carbons (Fsp3) is 0.0370. The molecule has 0 radical (unpaired) electrons. The van der Waals surface area contributed by atoms with E-state index in [1.165, 1.54) is 24.3 Å². The van der Waals surface area contributed by atoms with Crippen LogP contribution in [0.3, 0.4) is 0 Å². The summed E-state index contributed by atoms with van der Waals surface area (Å²) in [7, 11) is 0. The number of rotatable bonds is 6. The average molecular weight is 496 g/mol. The van der Waals surface area contributed by atoms with Crippen LogP contribution < -0.4 is 16.4 Å². The predicted octanol–water partition coefficient (Wildman–Crippen LogP) is 5.94. The van der Waals surface area contributed by atoms with Gasteiger partial charge in [-0.1, -0.05) is 6.07 Å². The average Bonchev–Trinajstić information content (AvgIpc) is 3.20. The molecule has 0 unspecified atom stereocenters. The van der Waals surface area contributed by atoms with Crippen LogP contribution in [0.4, 0.5) is 23.0 Å². The number of hydrogen-bond donors (Lipinski definition) is 4. The second kappa shape index (κ2) is 9.47. The number of nitrogens with two attached hydrogens (primary N) is 1. The highest BCUT2D eigenvalue weighted by Gasteiger charge is 2.13. The number of nitrogen functional groups attached to an aromatic ring is 1. The van der Waals surface area contributed by atoms with Crippen molar-refractivity contribution in [3.05, 3.63) is 95.7 Å². The van der Waals surface area contributed by atoms with Crippen LogP contribution in [0.25, 0.3) is 20.7 Å². The molecule has 36 heavy (non-hydrogen) atoms. The van der Waals surface area contributed by atoms with E-state index in [1.807, 2.05) is 30.3 Å². The molecule has 0 bridgehead atoms. The quantitative estimate of drug-likeness (QED) is 0.229. The highest BCUT2D eigenvalue weighted by atomic mass is 32.1. The Labute approximate surface area is 210 Å². The summed E-state index contributed by atoms with van der Waals surface area (Å²) in [5, 5.41) is 16.4. The molecule has 2 aromatic heterocycles. The largest absolute Gasteiger partial charge is 0.478 e. The summed E-state index contributed by atoms with van der Waals surface area (Å²) >= 11 is 1.66. The number of thiophene rings is 1. The Morgan fingerprint density at radius 2 is 1.64 bits per heavy atom. The molecule has 0 saturated heterocycles. The van der Waals surface area contributed by atoms with Crippen molar-refractivity contribution in [2.45, 2.75) is 6.92 Å². The number of anilines is 4. The van der Waals surface area contributed by atoms with Gasteiger partial charge in [0.15, 0.2) is 0 Å². The van der Waals surface area contributed by atoms with Gasteiger partial charge in [0.25, 0.3) is 5.91 Å². The molecule has 1 amide bonds. The van der Waals surface area contributed by atoms with Crippen LogP contribution in [0.2, 0.25) is 0 Å². The highest BCUT2D eigenvalue weighted by Crippen LogP contribution is 2.39. The number of aryl methyl sites for hydroxylation is 1. The van der Waals surface area contributed by atoms with E-state index in [0.717, 1.165) is 37.6 Å². The fourth-order valence-electron chi connectivity index (χ4n) is 3.85. The van der Waals surface area contributed by atoms with Crippen molar-refractivity contribution in [3.8, 4) is 10.6 Å². The molecular weight excluding hydrogens is 474 g/mol. The molecule has 0 fully saturated rings. The van der Waals surface area contributed by atoms with E-state index in [2.05, 4.69) is 39.7 Å². The Hall–Kier alpha value is -4.76. The Bertz CT molecular complexity index is 1610. The van der Waals surface area contributed by atoms with Crippen LogP contribution in [0.1, 0.15) is 26.3 Å². The topological polar surface area (TPSA) is 130 Å². The van der Waals surface area contributed by atoms with E-state index in [1.54, 1.807) is 23.6 Å². The van der Waals surface area contributed by atoms with Gasteiger partial charge in [0.2, 0.25) is 5.95 Å². The van der Waals surface area contributed by atoms with Crippen molar-refractivity contribution < 1.29 is 14.7 Å². The zero-order valence-corrected chi connectivity index (χ0v) is 20.0. The molecule has 0 atom stereocenters. The molecular formula is C27H21N5O3S. The van der Waals surface area contributed by atoms with Gasteiger partial charge in [-0.25, -0.2) is 14.8 Å². The molecule has 5 aromatic rings. The van der Waals surface area contributed by atoms with Crippen molar-refractivity contribution in [2.75, 3.05) is 16.4 Å². The number of aromatic carboxylic acids is 1. The first-order valence-electron chi connectivity index (χ1n) is 11.0. The number of carbonyl (C=O) groups excluding carboxylic acids is 1. The molecule has 8 nitrogen and oxygen atoms in total. The summed E-state index contributed by atoms with van der Waals surface area (Å²) in [5.74, 6) is -1.11. The van der Waals surface area contributed by atoms with Crippen LogP contribution in [-0.2, 0) is 0 Å². The predicted molar refractivity (Wildman–Crippen MR) is 143 cm³/mol. The second-order valence-corrected chi connectivity index (χ2v) is 9.16. The smallest absolute Gasteiger partial charge is 0.335 e. The highest BCUT2D eigenvalue weighted by molar-refractivity contribution is 7.22. The molecule has 0 aliphatic rings. The van der Waals surface area contributed by atoms with E-state index >= 15 is 0 Å². The minimum absolute atomic E-state index is 0.129. The molecule has 0 aliphatic carbocycles. The normalized spacial score (nSPS) is 10.8. The zero-order valence-electron chi connectivity index (χ0n) is 19.1. The molecule has 178 valence electrons. The van der Waals surface area contributed by atoms with Gasteiger partial charge >= 0.3 is 5.97 Å². The molecule has 0 aliphatic heterocycles. The van der Waals surface area contributed by atoms with Gasteiger partial charge in [0.05, 0.1) is 16.1 Å². The number of hydrogen-bond acceptors (Lipinski definition) is 7. The zero-order chi connectivity index (χ0) is 25.2. The molecule has 0 saturated carbocycles. The summed E-state index contributed by atoms with van der Waals surface area (Å²) in [6, 6.07) is 21.2. The van der Waals surface area contributed by atoms with E-state index in [4.69, 9.17) is 10.8 Å². The number of benzene rings is 3. The van der Waals surface area contributed by atoms with Crippen molar-refractivity contribution in [2.24, 2.45) is 0 Å². The second-order valence-electron chi connectivity index (χ2n) is 8.11. The van der Waals surface area contributed by atoms with Gasteiger partial charge < -0.3 is 21.5 Å². The van der Waals surface area contributed by atoms with Gasteiger partial charge in [-0.2, -0.15) is 0 Å². The minimum atomic E-state index is -1.04. The van der Waals surface area contributed by atoms with Gasteiger partial charge in [-0.05, 0) is 84.6 Å². The Balaban J connectivity index is 1.35. The molecule has 0 spiro atoms. The molecule has 5 N–H and O–H groups in total. The summed E-state index contributed by atoms with van der Waals surface area (Å²) in [4.78, 5) is 33.0. The number of aromatic nitrogens is 2. The maximum atomic E-state index is 12.6. The van der Waals surface area contributed by atoms with Crippen LogP contribution in [0, 0.1) is 6.92 Å². The third-order valence-corrected chi connectivity index (χ3v) is 6.94. The number of nitrogens with one attached hydrogen (secondary N) is 2. The van der Waals surface area contributed by atoms with E-state index in [-0.39, 0.29) is 17.4 Å². The van der Waals surface area contributed by atoms with Gasteiger partial charge in [-0.3, -0.25) is 4.79 Å². The minimum Gasteiger partial charge on any atom is -0.478 e. The Morgan fingerprint density at radius 3 is 2.39 bits per heavy atom. The van der Waals surface area contributed by atoms with E-state index < -0.39 is 5.97 Å². The standard InChI is InChI=1S/C27H21N5O3S/c1-15-21-14-20(9-10-23(21)36-24(15)22-11-12-29-27(28)32-22)30-18-3-2-4-19(13-18)31-25(33)16-5-7-17(8-6-16)26(34)35/h2-14,30H,1H3,(H,31,33)(H,34,35)(H2,28,29,32). The molecule has 5 rings (SSSR count). The number of carboxylic acids is 1. The number of carbonyl (C=O) groups is 2. The number of amides is 1. The third-order valence-electron chi connectivity index (χ3n) is 5.65. The molecule has 2 heterocycles. The van der Waals surface area contributed by atoms with Crippen LogP contribution in [-0.4, -0.2) is 27.0 Å². The van der Waals surface area contributed by atoms with Gasteiger partial charge in [0, 0.05) is 33.5 Å². The van der Waals surface area contributed by atoms with Crippen molar-refractivity contribution >= 4 is 56.3 Å². The number of carboxylic acid groups (broad SMARTS) is 1. The molecule has 3 aromatic carbocycles. The number of nitrogens with zero attached hydrogens (tertiary/aromatic N) is 2. The summed E-state index contributed by atoms with van der Waals surface area (Å²) in [6.07, 6.45) is 1.66. The first-order chi connectivity index (χ1) is 17.4. The first-order valence-corrected chi connectivity index (χ1v) is 11.8. The van der Waals surface area contributed by atoms with Crippen LogP contribution in [0.5, 0.6) is 0 Å². The van der Waals surface area contributed by atoms with Crippen molar-refractivity contribution in [3.63, 3.8) is 0 Å². The summed E-state index contributed by atoms with van der Waals surface area (Å²) in [6.45, 7) is 2.06. The molecule has 9 heteroatoms. The number of fused-ring (bicyclic) bond motifs is 1. The third kappa shape index (κ3) is 4.73. The van der Waals surface area contributed by atoms with E-state index in [0.29, 0.717) is 11.3 Å². The lowest BCUT2D eigenvalue weighted by atomic mass is 10.1. The van der Waals surface area contributed by atoms with Gasteiger partial charge in [0.1, 0.15) is 0 Å². The van der Waals surface area contributed by atoms with Crippen molar-refractivity contribution in [1.82, 2.24) is 9.97 Å². The fourth-order valence-corrected chi connectivity index (χ4v) is 5.01.